The molecule has 0 aliphatic heterocycles. The van der Waals surface area contributed by atoms with Crippen molar-refractivity contribution in [3.8, 4) is 0 Å². The normalized spacial score (nSPS) is 12.5. The molecule has 2 heterocycles. The largest absolute Gasteiger partial charge is 0.467 e. The maximum atomic E-state index is 13.0. The molecule has 1 amide bonds. The van der Waals surface area contributed by atoms with Crippen LogP contribution < -0.4 is 5.56 Å². The van der Waals surface area contributed by atoms with Crippen LogP contribution in [-0.2, 0) is 17.9 Å². The fraction of sp³-hybridized carbons (Fsp3) is 0.350. The molecule has 0 radical (unpaired) electrons. The number of para-hydroxylation sites is 1. The first-order valence-corrected chi connectivity index (χ1v) is 8.73. The lowest BCUT2D eigenvalue weighted by Crippen LogP contribution is -2.43. The van der Waals surface area contributed by atoms with Gasteiger partial charge in [0.2, 0.25) is 5.91 Å². The van der Waals surface area contributed by atoms with Crippen LogP contribution in [0, 0.1) is 5.92 Å². The number of amides is 1. The van der Waals surface area contributed by atoms with Crippen LogP contribution >= 0.6 is 0 Å². The van der Waals surface area contributed by atoms with Gasteiger partial charge in [-0.3, -0.25) is 14.2 Å². The van der Waals surface area contributed by atoms with Gasteiger partial charge in [-0.25, -0.2) is 4.98 Å². The molecule has 0 saturated heterocycles. The summed E-state index contributed by atoms with van der Waals surface area (Å²) >= 11 is 0. The summed E-state index contributed by atoms with van der Waals surface area (Å²) < 4.78 is 6.77. The van der Waals surface area contributed by atoms with Crippen molar-refractivity contribution >= 4 is 16.8 Å². The average Bonchev–Trinajstić information content (AvgIpc) is 3.14. The number of nitrogens with zero attached hydrogens (tertiary/aromatic N) is 3. The first kappa shape index (κ1) is 17.9. The van der Waals surface area contributed by atoms with Crippen LogP contribution in [0.4, 0.5) is 0 Å². The molecular formula is C20H23N3O3. The number of carbonyl (C=O) groups excluding carboxylic acids is 1. The highest BCUT2D eigenvalue weighted by Gasteiger charge is 2.24. The molecule has 1 aromatic carbocycles. The number of furan rings is 1. The van der Waals surface area contributed by atoms with Crippen LogP contribution in [0.3, 0.4) is 0 Å². The standard InChI is InChI=1S/C20H23N3O3/c1-14(2)15(3)23(11-16-7-6-10-26-16)19(24)12-22-13-21-18-9-5-4-8-17(18)20(22)25/h4-10,13-15H,11-12H2,1-3H3/t15-/m0/s1. The van der Waals surface area contributed by atoms with Crippen LogP contribution in [0.5, 0.6) is 0 Å². The summed E-state index contributed by atoms with van der Waals surface area (Å²) in [6.07, 6.45) is 3.03. The molecule has 1 atom stereocenters. The zero-order chi connectivity index (χ0) is 18.7. The smallest absolute Gasteiger partial charge is 0.261 e. The van der Waals surface area contributed by atoms with Crippen molar-refractivity contribution in [3.05, 3.63) is 65.1 Å². The van der Waals surface area contributed by atoms with Gasteiger partial charge in [-0.15, -0.1) is 0 Å². The average molecular weight is 353 g/mol. The maximum Gasteiger partial charge on any atom is 0.261 e. The lowest BCUT2D eigenvalue weighted by molar-refractivity contribution is -0.135. The predicted octanol–water partition coefficient (Wildman–Crippen LogP) is 3.06. The van der Waals surface area contributed by atoms with E-state index in [0.717, 1.165) is 5.76 Å². The van der Waals surface area contributed by atoms with E-state index in [-0.39, 0.29) is 30.0 Å². The maximum absolute atomic E-state index is 13.0. The van der Waals surface area contributed by atoms with E-state index in [0.29, 0.717) is 17.4 Å². The summed E-state index contributed by atoms with van der Waals surface area (Å²) in [7, 11) is 0. The lowest BCUT2D eigenvalue weighted by Gasteiger charge is -2.31. The molecule has 0 bridgehead atoms. The van der Waals surface area contributed by atoms with Gasteiger partial charge in [-0.2, -0.15) is 0 Å². The van der Waals surface area contributed by atoms with Crippen LogP contribution in [-0.4, -0.2) is 26.4 Å². The van der Waals surface area contributed by atoms with E-state index in [1.165, 1.54) is 10.9 Å². The number of aromatic nitrogens is 2. The van der Waals surface area contributed by atoms with E-state index in [4.69, 9.17) is 4.42 Å². The molecular weight excluding hydrogens is 330 g/mol. The number of rotatable bonds is 6. The van der Waals surface area contributed by atoms with Crippen molar-refractivity contribution in [2.24, 2.45) is 5.92 Å². The predicted molar refractivity (Wildman–Crippen MR) is 99.6 cm³/mol. The molecule has 6 heteroatoms. The van der Waals surface area contributed by atoms with Crippen molar-refractivity contribution < 1.29 is 9.21 Å². The monoisotopic (exact) mass is 353 g/mol. The van der Waals surface area contributed by atoms with Gasteiger partial charge in [0, 0.05) is 6.04 Å². The molecule has 26 heavy (non-hydrogen) atoms. The Morgan fingerprint density at radius 3 is 2.65 bits per heavy atom. The molecule has 0 spiro atoms. The molecule has 136 valence electrons. The second-order valence-electron chi connectivity index (χ2n) is 6.78. The van der Waals surface area contributed by atoms with E-state index in [1.807, 2.05) is 19.1 Å². The summed E-state index contributed by atoms with van der Waals surface area (Å²) in [6.45, 7) is 6.47. The van der Waals surface area contributed by atoms with E-state index in [2.05, 4.69) is 18.8 Å². The zero-order valence-corrected chi connectivity index (χ0v) is 15.3. The van der Waals surface area contributed by atoms with Crippen LogP contribution in [0.1, 0.15) is 26.5 Å². The van der Waals surface area contributed by atoms with E-state index in [1.54, 1.807) is 35.4 Å². The highest BCUT2D eigenvalue weighted by atomic mass is 16.3. The first-order chi connectivity index (χ1) is 12.5. The third-order valence-electron chi connectivity index (χ3n) is 4.72. The summed E-state index contributed by atoms with van der Waals surface area (Å²) in [4.78, 5) is 31.6. The van der Waals surface area contributed by atoms with Crippen molar-refractivity contribution in [1.82, 2.24) is 14.5 Å². The minimum atomic E-state index is -0.209. The molecule has 2 aromatic heterocycles. The van der Waals surface area contributed by atoms with Crippen molar-refractivity contribution in [2.75, 3.05) is 0 Å². The second-order valence-corrected chi connectivity index (χ2v) is 6.78. The summed E-state index contributed by atoms with van der Waals surface area (Å²) in [5.74, 6) is 0.858. The number of fused-ring (bicyclic) bond motifs is 1. The summed E-state index contributed by atoms with van der Waals surface area (Å²) in [5.41, 5.74) is 0.420. The summed E-state index contributed by atoms with van der Waals surface area (Å²) in [6, 6.07) is 10.8. The van der Waals surface area contributed by atoms with Crippen molar-refractivity contribution in [3.63, 3.8) is 0 Å². The number of hydrogen-bond donors (Lipinski definition) is 0. The Bertz CT molecular complexity index is 944. The van der Waals surface area contributed by atoms with Gasteiger partial charge in [-0.1, -0.05) is 26.0 Å². The second kappa shape index (κ2) is 7.56. The van der Waals surface area contributed by atoms with E-state index < -0.39 is 0 Å². The highest BCUT2D eigenvalue weighted by molar-refractivity contribution is 5.79. The molecule has 0 aliphatic rings. The van der Waals surface area contributed by atoms with Gasteiger partial charge >= 0.3 is 0 Å². The molecule has 6 nitrogen and oxygen atoms in total. The van der Waals surface area contributed by atoms with Gasteiger partial charge in [0.05, 0.1) is 30.0 Å². The Labute approximate surface area is 152 Å². The number of benzene rings is 1. The Hall–Kier alpha value is -2.89. The number of carbonyl (C=O) groups is 1. The molecule has 0 saturated carbocycles. The Kier molecular flexibility index (Phi) is 5.21. The van der Waals surface area contributed by atoms with Gasteiger partial charge in [-0.05, 0) is 37.1 Å². The Morgan fingerprint density at radius 2 is 1.96 bits per heavy atom. The topological polar surface area (TPSA) is 68.3 Å². The SMILES string of the molecule is CC(C)[C@H](C)N(Cc1ccco1)C(=O)Cn1cnc2ccccc2c1=O. The summed E-state index contributed by atoms with van der Waals surface area (Å²) in [5, 5.41) is 0.511. The quantitative estimate of drug-likeness (QED) is 0.683. The fourth-order valence-electron chi connectivity index (χ4n) is 2.84. The van der Waals surface area contributed by atoms with Crippen LogP contribution in [0.15, 0.2) is 58.2 Å². The van der Waals surface area contributed by atoms with Gasteiger partial charge < -0.3 is 9.32 Å². The molecule has 0 fully saturated rings. The van der Waals surface area contributed by atoms with Gasteiger partial charge in [0.1, 0.15) is 12.3 Å². The van der Waals surface area contributed by atoms with Crippen LogP contribution in [0.2, 0.25) is 0 Å². The zero-order valence-electron chi connectivity index (χ0n) is 15.3. The lowest BCUT2D eigenvalue weighted by atomic mass is 10.0. The van der Waals surface area contributed by atoms with E-state index in [9.17, 15) is 9.59 Å². The van der Waals surface area contributed by atoms with Gasteiger partial charge in [0.25, 0.3) is 5.56 Å². The molecule has 0 unspecified atom stereocenters. The third kappa shape index (κ3) is 3.69. The molecule has 0 N–H and O–H groups in total. The van der Waals surface area contributed by atoms with Crippen molar-refractivity contribution in [2.45, 2.75) is 39.9 Å². The molecule has 0 aliphatic carbocycles. The minimum absolute atomic E-state index is 0.0108. The third-order valence-corrected chi connectivity index (χ3v) is 4.72. The Morgan fingerprint density at radius 1 is 1.19 bits per heavy atom. The highest BCUT2D eigenvalue weighted by Crippen LogP contribution is 2.16. The Balaban J connectivity index is 1.87. The van der Waals surface area contributed by atoms with Gasteiger partial charge in [0.15, 0.2) is 0 Å². The molecule has 3 aromatic rings. The first-order valence-electron chi connectivity index (χ1n) is 8.73. The van der Waals surface area contributed by atoms with Crippen LogP contribution in [0.25, 0.3) is 10.9 Å². The number of hydrogen-bond acceptors (Lipinski definition) is 4. The fourth-order valence-corrected chi connectivity index (χ4v) is 2.84. The van der Waals surface area contributed by atoms with Crippen molar-refractivity contribution in [1.29, 1.82) is 0 Å². The molecule has 3 rings (SSSR count). The minimum Gasteiger partial charge on any atom is -0.467 e. The van der Waals surface area contributed by atoms with E-state index >= 15 is 0 Å².